The lowest BCUT2D eigenvalue weighted by molar-refractivity contribution is 0.159. The van der Waals surface area contributed by atoms with Gasteiger partial charge in [0.2, 0.25) is 0 Å². The molecule has 3 aliphatic carbocycles. The Kier molecular flexibility index (Phi) is 2.16. The van der Waals surface area contributed by atoms with Gasteiger partial charge in [0.25, 0.3) is 0 Å². The standard InChI is InChI=1S/C14H16O2/c1-15-13-11-7-8-12(14(13)16-2)10-6-4-3-5-9(10)11/h3-6,11-12H,7-8H2,1-2H3/t11-,12+. The average Bonchev–Trinajstić information content (AvgIpc) is 2.38. The van der Waals surface area contributed by atoms with E-state index in [9.17, 15) is 0 Å². The van der Waals surface area contributed by atoms with Crippen LogP contribution in [0.1, 0.15) is 35.8 Å². The van der Waals surface area contributed by atoms with Crippen LogP contribution in [0.15, 0.2) is 35.8 Å². The molecule has 0 N–H and O–H groups in total. The minimum atomic E-state index is 0.404. The zero-order valence-corrected chi connectivity index (χ0v) is 9.69. The highest BCUT2D eigenvalue weighted by Gasteiger charge is 2.40. The van der Waals surface area contributed by atoms with Crippen molar-refractivity contribution in [3.8, 4) is 0 Å². The number of rotatable bonds is 2. The molecule has 3 aliphatic rings. The van der Waals surface area contributed by atoms with Gasteiger partial charge >= 0.3 is 0 Å². The third-order valence-corrected chi connectivity index (χ3v) is 3.81. The van der Waals surface area contributed by atoms with Crippen molar-refractivity contribution in [2.45, 2.75) is 24.7 Å². The Morgan fingerprint density at radius 1 is 0.875 bits per heavy atom. The predicted octanol–water partition coefficient (Wildman–Crippen LogP) is 3.17. The van der Waals surface area contributed by atoms with Crippen LogP contribution in [-0.4, -0.2) is 14.2 Å². The highest BCUT2D eigenvalue weighted by atomic mass is 16.5. The lowest BCUT2D eigenvalue weighted by Crippen LogP contribution is -2.27. The number of ether oxygens (including phenoxy) is 2. The second-order valence-electron chi connectivity index (χ2n) is 4.45. The van der Waals surface area contributed by atoms with Gasteiger partial charge in [-0.3, -0.25) is 0 Å². The summed E-state index contributed by atoms with van der Waals surface area (Å²) in [5.41, 5.74) is 2.85. The molecule has 2 nitrogen and oxygen atoms in total. The summed E-state index contributed by atoms with van der Waals surface area (Å²) < 4.78 is 11.1. The van der Waals surface area contributed by atoms with Crippen LogP contribution in [0.3, 0.4) is 0 Å². The summed E-state index contributed by atoms with van der Waals surface area (Å²) in [6.07, 6.45) is 2.36. The molecule has 0 aromatic heterocycles. The fourth-order valence-electron chi connectivity index (χ4n) is 3.16. The summed E-state index contributed by atoms with van der Waals surface area (Å²) in [7, 11) is 3.50. The molecule has 0 heterocycles. The molecule has 1 aromatic carbocycles. The van der Waals surface area contributed by atoms with Gasteiger partial charge in [-0.1, -0.05) is 24.3 Å². The summed E-state index contributed by atoms with van der Waals surface area (Å²) in [5.74, 6) is 2.89. The van der Waals surface area contributed by atoms with Crippen LogP contribution in [0.4, 0.5) is 0 Å². The molecule has 0 saturated carbocycles. The topological polar surface area (TPSA) is 18.5 Å². The second kappa shape index (κ2) is 3.55. The molecule has 0 amide bonds. The molecule has 2 heteroatoms. The lowest BCUT2D eigenvalue weighted by Gasteiger charge is -2.39. The molecular weight excluding hydrogens is 200 g/mol. The van der Waals surface area contributed by atoms with Crippen LogP contribution in [0.2, 0.25) is 0 Å². The first-order chi connectivity index (χ1) is 7.86. The molecule has 2 bridgehead atoms. The molecular formula is C14H16O2. The first-order valence-corrected chi connectivity index (χ1v) is 5.77. The number of methoxy groups -OCH3 is 2. The van der Waals surface area contributed by atoms with Crippen molar-refractivity contribution >= 4 is 0 Å². The molecule has 84 valence electrons. The first-order valence-electron chi connectivity index (χ1n) is 5.77. The highest BCUT2D eigenvalue weighted by molar-refractivity contribution is 5.48. The summed E-state index contributed by atoms with van der Waals surface area (Å²) in [6, 6.07) is 8.66. The van der Waals surface area contributed by atoms with Crippen LogP contribution in [-0.2, 0) is 9.47 Å². The van der Waals surface area contributed by atoms with Crippen molar-refractivity contribution in [1.82, 2.24) is 0 Å². The largest absolute Gasteiger partial charge is 0.497 e. The first kappa shape index (κ1) is 9.76. The normalized spacial score (nSPS) is 26.6. The number of benzene rings is 1. The summed E-state index contributed by atoms with van der Waals surface area (Å²) in [6.45, 7) is 0. The van der Waals surface area contributed by atoms with Gasteiger partial charge in [-0.2, -0.15) is 0 Å². The van der Waals surface area contributed by atoms with Gasteiger partial charge < -0.3 is 9.47 Å². The van der Waals surface area contributed by atoms with Gasteiger partial charge in [0.15, 0.2) is 0 Å². The van der Waals surface area contributed by atoms with E-state index in [-0.39, 0.29) is 0 Å². The fraction of sp³-hybridized carbons (Fsp3) is 0.429. The van der Waals surface area contributed by atoms with E-state index in [2.05, 4.69) is 24.3 Å². The quantitative estimate of drug-likeness (QED) is 0.756. The Balaban J connectivity index is 2.18. The third kappa shape index (κ3) is 1.13. The highest BCUT2D eigenvalue weighted by Crippen LogP contribution is 2.52. The van der Waals surface area contributed by atoms with E-state index in [1.165, 1.54) is 24.0 Å². The molecule has 16 heavy (non-hydrogen) atoms. The van der Waals surface area contributed by atoms with E-state index in [4.69, 9.17) is 9.47 Å². The van der Waals surface area contributed by atoms with Crippen molar-refractivity contribution in [2.24, 2.45) is 0 Å². The Morgan fingerprint density at radius 3 is 1.69 bits per heavy atom. The van der Waals surface area contributed by atoms with Gasteiger partial charge in [-0.25, -0.2) is 0 Å². The van der Waals surface area contributed by atoms with Gasteiger partial charge in [-0.15, -0.1) is 0 Å². The van der Waals surface area contributed by atoms with E-state index in [1.54, 1.807) is 14.2 Å². The van der Waals surface area contributed by atoms with Gasteiger partial charge in [-0.05, 0) is 24.0 Å². The van der Waals surface area contributed by atoms with Crippen molar-refractivity contribution in [1.29, 1.82) is 0 Å². The van der Waals surface area contributed by atoms with Crippen molar-refractivity contribution in [2.75, 3.05) is 14.2 Å². The summed E-state index contributed by atoms with van der Waals surface area (Å²) in [5, 5.41) is 0. The Morgan fingerprint density at radius 2 is 1.31 bits per heavy atom. The lowest BCUT2D eigenvalue weighted by atomic mass is 9.69. The van der Waals surface area contributed by atoms with Crippen LogP contribution < -0.4 is 0 Å². The maximum atomic E-state index is 5.54. The smallest absolute Gasteiger partial charge is 0.141 e. The number of hydrogen-bond acceptors (Lipinski definition) is 2. The van der Waals surface area contributed by atoms with E-state index in [1.807, 2.05) is 0 Å². The number of hydrogen-bond donors (Lipinski definition) is 0. The monoisotopic (exact) mass is 216 g/mol. The molecule has 2 atom stereocenters. The van der Waals surface area contributed by atoms with Crippen LogP contribution in [0.25, 0.3) is 0 Å². The zero-order chi connectivity index (χ0) is 11.1. The maximum absolute atomic E-state index is 5.54. The van der Waals surface area contributed by atoms with Crippen molar-refractivity contribution in [3.05, 3.63) is 46.9 Å². The molecule has 1 aromatic rings. The van der Waals surface area contributed by atoms with Crippen LogP contribution in [0.5, 0.6) is 0 Å². The Labute approximate surface area is 95.9 Å². The Hall–Kier alpha value is -1.44. The molecule has 4 rings (SSSR count). The van der Waals surface area contributed by atoms with Crippen LogP contribution >= 0.6 is 0 Å². The fourth-order valence-corrected chi connectivity index (χ4v) is 3.16. The van der Waals surface area contributed by atoms with E-state index in [0.29, 0.717) is 11.8 Å². The summed E-state index contributed by atoms with van der Waals surface area (Å²) >= 11 is 0. The van der Waals surface area contributed by atoms with Gasteiger partial charge in [0.05, 0.1) is 14.2 Å². The molecule has 0 unspecified atom stereocenters. The second-order valence-corrected chi connectivity index (χ2v) is 4.45. The third-order valence-electron chi connectivity index (χ3n) is 3.81. The SMILES string of the molecule is COC1=C(OC)[C@@H]2CC[C@H]1c1ccccc12. The summed E-state index contributed by atoms with van der Waals surface area (Å²) in [4.78, 5) is 0. The Bertz CT molecular complexity index is 407. The molecule has 0 fully saturated rings. The van der Waals surface area contributed by atoms with E-state index >= 15 is 0 Å². The number of allylic oxidation sites excluding steroid dienone is 2. The van der Waals surface area contributed by atoms with Crippen molar-refractivity contribution < 1.29 is 9.47 Å². The van der Waals surface area contributed by atoms with Crippen LogP contribution in [0, 0.1) is 0 Å². The van der Waals surface area contributed by atoms with Gasteiger partial charge in [0, 0.05) is 11.8 Å². The van der Waals surface area contributed by atoms with Gasteiger partial charge in [0.1, 0.15) is 11.5 Å². The minimum Gasteiger partial charge on any atom is -0.497 e. The predicted molar refractivity (Wildman–Crippen MR) is 62.2 cm³/mol. The maximum Gasteiger partial charge on any atom is 0.141 e. The van der Waals surface area contributed by atoms with E-state index in [0.717, 1.165) is 11.5 Å². The average molecular weight is 216 g/mol. The molecule has 0 saturated heterocycles. The molecule has 0 aliphatic heterocycles. The zero-order valence-electron chi connectivity index (χ0n) is 9.69. The minimum absolute atomic E-state index is 0.404. The number of fused-ring (bicyclic) bond motifs is 1. The molecule has 0 radical (unpaired) electrons. The van der Waals surface area contributed by atoms with Crippen molar-refractivity contribution in [3.63, 3.8) is 0 Å². The molecule has 0 spiro atoms. The van der Waals surface area contributed by atoms with E-state index < -0.39 is 0 Å².